The van der Waals surface area contributed by atoms with E-state index in [-0.39, 0.29) is 15.7 Å². The van der Waals surface area contributed by atoms with Gasteiger partial charge in [0.05, 0.1) is 15.7 Å². The fourth-order valence-corrected chi connectivity index (χ4v) is 3.07. The van der Waals surface area contributed by atoms with Gasteiger partial charge < -0.3 is 10.4 Å². The number of aliphatic carboxylic acids is 1. The molecule has 2 rings (SSSR count). The molecular formula is C15H16BrFN2O2. The molecule has 0 unspecified atom stereocenters. The summed E-state index contributed by atoms with van der Waals surface area (Å²) in [4.78, 5) is 11.7. The average Bonchev–Trinajstić information content (AvgIpc) is 2.46. The Balaban J connectivity index is 2.33. The number of anilines is 1. The largest absolute Gasteiger partial charge is 0.480 e. The zero-order chi connectivity index (χ0) is 15.6. The molecule has 0 amide bonds. The number of carbonyl (C=O) groups is 1. The van der Waals surface area contributed by atoms with Gasteiger partial charge in [0.25, 0.3) is 0 Å². The van der Waals surface area contributed by atoms with Gasteiger partial charge in [-0.25, -0.2) is 9.18 Å². The third-order valence-electron chi connectivity index (χ3n) is 4.11. The molecule has 1 aromatic rings. The number of nitrogens with zero attached hydrogens (tertiary/aromatic N) is 1. The predicted molar refractivity (Wildman–Crippen MR) is 80.4 cm³/mol. The molecule has 0 aromatic heterocycles. The number of nitrogens with one attached hydrogen (secondary N) is 1. The van der Waals surface area contributed by atoms with Crippen molar-refractivity contribution in [1.82, 2.24) is 0 Å². The summed E-state index contributed by atoms with van der Waals surface area (Å²) in [6.45, 7) is 2.09. The second-order valence-electron chi connectivity index (χ2n) is 5.60. The van der Waals surface area contributed by atoms with Gasteiger partial charge >= 0.3 is 5.97 Å². The molecule has 1 aliphatic carbocycles. The van der Waals surface area contributed by atoms with Crippen molar-refractivity contribution >= 4 is 27.6 Å². The third-order valence-corrected chi connectivity index (χ3v) is 4.89. The number of carboxylic acids is 1. The molecule has 1 aliphatic rings. The Morgan fingerprint density at radius 2 is 2.14 bits per heavy atom. The van der Waals surface area contributed by atoms with Gasteiger partial charge in [0.2, 0.25) is 0 Å². The lowest BCUT2D eigenvalue weighted by atomic mass is 9.77. The van der Waals surface area contributed by atoms with E-state index in [0.29, 0.717) is 18.8 Å². The van der Waals surface area contributed by atoms with Gasteiger partial charge in [-0.3, -0.25) is 0 Å². The molecule has 0 bridgehead atoms. The van der Waals surface area contributed by atoms with Crippen LogP contribution >= 0.6 is 15.9 Å². The highest BCUT2D eigenvalue weighted by molar-refractivity contribution is 9.10. The lowest BCUT2D eigenvalue weighted by molar-refractivity contribution is -0.143. The molecular weight excluding hydrogens is 339 g/mol. The normalized spacial score (nSPS) is 25.1. The maximum absolute atomic E-state index is 14.3. The number of carboxylic acid groups (broad SMARTS) is 1. The van der Waals surface area contributed by atoms with Crippen LogP contribution in [0.1, 0.15) is 38.2 Å². The van der Waals surface area contributed by atoms with E-state index in [2.05, 4.69) is 28.2 Å². The summed E-state index contributed by atoms with van der Waals surface area (Å²) in [6, 6.07) is 4.76. The van der Waals surface area contributed by atoms with E-state index in [4.69, 9.17) is 5.26 Å². The molecule has 4 nitrogen and oxygen atoms in total. The fourth-order valence-electron chi connectivity index (χ4n) is 2.64. The Kier molecular flexibility index (Phi) is 4.52. The smallest absolute Gasteiger partial charge is 0.329 e. The van der Waals surface area contributed by atoms with Crippen LogP contribution in [-0.2, 0) is 4.79 Å². The molecule has 0 aliphatic heterocycles. The molecule has 0 radical (unpaired) electrons. The Labute approximate surface area is 131 Å². The van der Waals surface area contributed by atoms with Gasteiger partial charge in [0.1, 0.15) is 11.6 Å². The van der Waals surface area contributed by atoms with Crippen LogP contribution in [0.3, 0.4) is 0 Å². The van der Waals surface area contributed by atoms with Crippen molar-refractivity contribution < 1.29 is 14.3 Å². The maximum atomic E-state index is 14.3. The van der Waals surface area contributed by atoms with Crippen LogP contribution in [0.4, 0.5) is 10.1 Å². The second-order valence-corrected chi connectivity index (χ2v) is 6.39. The number of hydrogen-bond acceptors (Lipinski definition) is 3. The minimum Gasteiger partial charge on any atom is -0.480 e. The van der Waals surface area contributed by atoms with E-state index in [0.717, 1.165) is 12.8 Å². The Bertz CT molecular complexity index is 604. The van der Waals surface area contributed by atoms with Crippen molar-refractivity contribution in [3.63, 3.8) is 0 Å². The highest BCUT2D eigenvalue weighted by Gasteiger charge is 2.41. The first kappa shape index (κ1) is 15.8. The molecule has 0 spiro atoms. The van der Waals surface area contributed by atoms with E-state index in [9.17, 15) is 14.3 Å². The summed E-state index contributed by atoms with van der Waals surface area (Å²) in [5, 5.41) is 21.3. The zero-order valence-electron chi connectivity index (χ0n) is 11.6. The molecule has 0 atom stereocenters. The SMILES string of the molecule is CC1CCC(Nc2ccc(C#N)c(Br)c2F)(C(=O)O)CC1. The number of nitriles is 1. The molecule has 2 N–H and O–H groups in total. The second kappa shape index (κ2) is 6.02. The summed E-state index contributed by atoms with van der Waals surface area (Å²) in [5.74, 6) is -1.11. The van der Waals surface area contributed by atoms with Gasteiger partial charge in [0.15, 0.2) is 5.82 Å². The van der Waals surface area contributed by atoms with Crippen molar-refractivity contribution in [2.24, 2.45) is 5.92 Å². The van der Waals surface area contributed by atoms with Crippen molar-refractivity contribution in [3.8, 4) is 6.07 Å². The molecule has 1 fully saturated rings. The minimum absolute atomic E-state index is 0.0553. The number of hydrogen-bond donors (Lipinski definition) is 2. The van der Waals surface area contributed by atoms with Gasteiger partial charge in [-0.1, -0.05) is 6.92 Å². The van der Waals surface area contributed by atoms with E-state index < -0.39 is 17.3 Å². The first-order valence-corrected chi connectivity index (χ1v) is 7.58. The van der Waals surface area contributed by atoms with Crippen LogP contribution in [-0.4, -0.2) is 16.6 Å². The summed E-state index contributed by atoms with van der Waals surface area (Å²) in [7, 11) is 0. The Morgan fingerprint density at radius 3 is 2.67 bits per heavy atom. The quantitative estimate of drug-likeness (QED) is 0.862. The average molecular weight is 355 g/mol. The Hall–Kier alpha value is -1.61. The topological polar surface area (TPSA) is 73.1 Å². The zero-order valence-corrected chi connectivity index (χ0v) is 13.2. The van der Waals surface area contributed by atoms with Crippen LogP contribution in [0.5, 0.6) is 0 Å². The van der Waals surface area contributed by atoms with Gasteiger partial charge in [-0.05, 0) is 59.7 Å². The molecule has 0 heterocycles. The van der Waals surface area contributed by atoms with E-state index in [1.807, 2.05) is 6.07 Å². The third kappa shape index (κ3) is 3.03. The highest BCUT2D eigenvalue weighted by atomic mass is 79.9. The number of halogens is 2. The van der Waals surface area contributed by atoms with Crippen LogP contribution in [0, 0.1) is 23.1 Å². The first-order chi connectivity index (χ1) is 9.89. The highest BCUT2D eigenvalue weighted by Crippen LogP contribution is 2.37. The van der Waals surface area contributed by atoms with Crippen molar-refractivity contribution in [2.75, 3.05) is 5.32 Å². The maximum Gasteiger partial charge on any atom is 0.329 e. The van der Waals surface area contributed by atoms with Crippen LogP contribution in [0.2, 0.25) is 0 Å². The predicted octanol–water partition coefficient (Wildman–Crippen LogP) is 3.91. The molecule has 0 saturated heterocycles. The summed E-state index contributed by atoms with van der Waals surface area (Å²) in [6.07, 6.45) is 2.50. The molecule has 21 heavy (non-hydrogen) atoms. The molecule has 112 valence electrons. The first-order valence-electron chi connectivity index (χ1n) is 6.79. The monoisotopic (exact) mass is 354 g/mol. The van der Waals surface area contributed by atoms with Crippen molar-refractivity contribution in [1.29, 1.82) is 5.26 Å². The fraction of sp³-hybridized carbons (Fsp3) is 0.467. The molecule has 1 aromatic carbocycles. The van der Waals surface area contributed by atoms with Crippen molar-refractivity contribution in [2.45, 2.75) is 38.1 Å². The molecule has 6 heteroatoms. The van der Waals surface area contributed by atoms with Crippen molar-refractivity contribution in [3.05, 3.63) is 28.0 Å². The number of rotatable bonds is 3. The van der Waals surface area contributed by atoms with Gasteiger partial charge in [-0.15, -0.1) is 0 Å². The standard InChI is InChI=1S/C15H16BrFN2O2/c1-9-4-6-15(7-5-9,14(20)21)19-11-3-2-10(8-18)12(16)13(11)17/h2-3,9,19H,4-7H2,1H3,(H,20,21). The Morgan fingerprint density at radius 1 is 1.52 bits per heavy atom. The van der Waals surface area contributed by atoms with Gasteiger partial charge in [0, 0.05) is 0 Å². The van der Waals surface area contributed by atoms with Crippen LogP contribution in [0.25, 0.3) is 0 Å². The number of benzene rings is 1. The van der Waals surface area contributed by atoms with E-state index in [1.54, 1.807) is 0 Å². The van der Waals surface area contributed by atoms with Crippen LogP contribution in [0.15, 0.2) is 16.6 Å². The molecule has 1 saturated carbocycles. The summed E-state index contributed by atoms with van der Waals surface area (Å²) < 4.78 is 14.3. The lowest BCUT2D eigenvalue weighted by Gasteiger charge is -2.37. The lowest BCUT2D eigenvalue weighted by Crippen LogP contribution is -2.49. The summed E-state index contributed by atoms with van der Waals surface area (Å²) in [5.41, 5.74) is -0.849. The minimum atomic E-state index is -1.14. The van der Waals surface area contributed by atoms with E-state index in [1.165, 1.54) is 12.1 Å². The van der Waals surface area contributed by atoms with Crippen LogP contribution < -0.4 is 5.32 Å². The van der Waals surface area contributed by atoms with Gasteiger partial charge in [-0.2, -0.15) is 5.26 Å². The summed E-state index contributed by atoms with van der Waals surface area (Å²) >= 11 is 3.04. The van der Waals surface area contributed by atoms with E-state index >= 15 is 0 Å².